The Morgan fingerprint density at radius 2 is 1.31 bits per heavy atom. The molecule has 2 fully saturated rings. The number of methoxy groups -OCH3 is 1. The van der Waals surface area contributed by atoms with Crippen LogP contribution in [0.3, 0.4) is 0 Å². The third-order valence-corrected chi connectivity index (χ3v) is 28.6. The van der Waals surface area contributed by atoms with Crippen LogP contribution in [0.4, 0.5) is 0 Å². The fourth-order valence-electron chi connectivity index (χ4n) is 7.23. The quantitative estimate of drug-likeness (QED) is 0.187. The Morgan fingerprint density at radius 3 is 1.76 bits per heavy atom. The minimum absolute atomic E-state index is 0.591. The van der Waals surface area contributed by atoms with Gasteiger partial charge in [-0.15, -0.1) is 0 Å². The van der Waals surface area contributed by atoms with E-state index in [-0.39, 0.29) is 0 Å². The summed E-state index contributed by atoms with van der Waals surface area (Å²) in [7, 11) is 2.06. The molecule has 2 rings (SSSR count). The molecule has 2 heteroatoms. The average molecular weight is 513 g/mol. The van der Waals surface area contributed by atoms with E-state index >= 15 is 0 Å². The molecule has 3 atom stereocenters. The molecule has 2 aliphatic rings. The van der Waals surface area contributed by atoms with Crippen molar-refractivity contribution >= 4 is 18.4 Å². The van der Waals surface area contributed by atoms with Crippen LogP contribution in [-0.2, 0) is 4.74 Å². The van der Waals surface area contributed by atoms with E-state index < -0.39 is 18.4 Å². The summed E-state index contributed by atoms with van der Waals surface area (Å²) in [4.78, 5) is 0. The predicted molar refractivity (Wildman–Crippen MR) is 133 cm³/mol. The Labute approximate surface area is 188 Å². The van der Waals surface area contributed by atoms with Crippen molar-refractivity contribution in [1.29, 1.82) is 0 Å². The molecule has 0 bridgehead atoms. The molecule has 1 unspecified atom stereocenters. The molecule has 0 heterocycles. The molecule has 2 saturated carbocycles. The maximum absolute atomic E-state index is 6.39. The monoisotopic (exact) mass is 514 g/mol. The van der Waals surface area contributed by atoms with Gasteiger partial charge < -0.3 is 0 Å². The molecule has 0 N–H and O–H groups in total. The second kappa shape index (κ2) is 13.3. The molecule has 0 amide bonds. The summed E-state index contributed by atoms with van der Waals surface area (Å²) in [6.07, 6.45) is 22.6. The van der Waals surface area contributed by atoms with Crippen molar-refractivity contribution in [3.05, 3.63) is 0 Å². The summed E-state index contributed by atoms with van der Waals surface area (Å²) in [5.41, 5.74) is 0. The van der Waals surface area contributed by atoms with Gasteiger partial charge in [-0.1, -0.05) is 0 Å². The zero-order chi connectivity index (χ0) is 21.2. The Hall–Kier alpha value is 0.759. The van der Waals surface area contributed by atoms with Crippen molar-refractivity contribution in [2.75, 3.05) is 7.11 Å². The summed E-state index contributed by atoms with van der Waals surface area (Å²) in [5.74, 6) is 1.80. The van der Waals surface area contributed by atoms with E-state index in [9.17, 15) is 0 Å². The molecule has 172 valence electrons. The van der Waals surface area contributed by atoms with E-state index in [4.69, 9.17) is 4.74 Å². The molecular weight excluding hydrogens is 459 g/mol. The summed E-state index contributed by atoms with van der Waals surface area (Å²) < 4.78 is 12.2. The van der Waals surface area contributed by atoms with Gasteiger partial charge in [-0.3, -0.25) is 0 Å². The Bertz CT molecular complexity index is 408. The fraction of sp³-hybridized carbons (Fsp3) is 1.00. The maximum atomic E-state index is 6.39. The second-order valence-electron chi connectivity index (χ2n) is 10.8. The van der Waals surface area contributed by atoms with Crippen LogP contribution in [0.1, 0.15) is 124 Å². The van der Waals surface area contributed by atoms with Crippen molar-refractivity contribution in [3.63, 3.8) is 0 Å². The molecule has 1 nitrogen and oxygen atoms in total. The van der Waals surface area contributed by atoms with Crippen LogP contribution in [0.5, 0.6) is 0 Å². The van der Waals surface area contributed by atoms with Gasteiger partial charge in [0, 0.05) is 0 Å². The average Bonchev–Trinajstić information content (AvgIpc) is 3.49. The zero-order valence-corrected chi connectivity index (χ0v) is 23.7. The van der Waals surface area contributed by atoms with Gasteiger partial charge in [0.25, 0.3) is 0 Å². The molecule has 0 radical (unpaired) electrons. The van der Waals surface area contributed by atoms with E-state index in [1.807, 2.05) is 0 Å². The summed E-state index contributed by atoms with van der Waals surface area (Å²) in [5, 5.41) is 0. The molecule has 0 aromatic heterocycles. The van der Waals surface area contributed by atoms with Gasteiger partial charge in [0.2, 0.25) is 0 Å². The predicted octanol–water partition coefficient (Wildman–Crippen LogP) is 9.38. The number of ether oxygens (including phenoxy) is 1. The summed E-state index contributed by atoms with van der Waals surface area (Å²) in [6.45, 7) is 9.71. The third kappa shape index (κ3) is 6.39. The zero-order valence-electron chi connectivity index (χ0n) is 20.9. The van der Waals surface area contributed by atoms with E-state index in [2.05, 4.69) is 34.8 Å². The van der Waals surface area contributed by atoms with Gasteiger partial charge in [0.15, 0.2) is 0 Å². The van der Waals surface area contributed by atoms with Crippen LogP contribution in [-0.4, -0.2) is 31.6 Å². The Balaban J connectivity index is 2.32. The van der Waals surface area contributed by atoms with Crippen LogP contribution in [0, 0.1) is 11.8 Å². The van der Waals surface area contributed by atoms with Crippen LogP contribution in [0.2, 0.25) is 16.7 Å². The third-order valence-electron chi connectivity index (χ3n) is 8.98. The van der Waals surface area contributed by atoms with Crippen LogP contribution < -0.4 is 0 Å². The van der Waals surface area contributed by atoms with Gasteiger partial charge in [-0.25, -0.2) is 0 Å². The molecule has 0 spiro atoms. The number of hydrogen-bond acceptors (Lipinski definition) is 1. The second-order valence-corrected chi connectivity index (χ2v) is 25.2. The fourth-order valence-corrected chi connectivity index (χ4v) is 29.1. The number of unbranched alkanes of at least 4 members (excludes halogenated alkanes) is 4. The van der Waals surface area contributed by atoms with Gasteiger partial charge in [-0.05, 0) is 0 Å². The van der Waals surface area contributed by atoms with E-state index in [1.54, 1.807) is 26.2 Å². The van der Waals surface area contributed by atoms with Crippen LogP contribution in [0.15, 0.2) is 0 Å². The normalized spacial score (nSPS) is 26.6. The molecule has 0 aliphatic heterocycles. The first-order valence-electron chi connectivity index (χ1n) is 13.7. The van der Waals surface area contributed by atoms with Gasteiger partial charge >= 0.3 is 189 Å². The van der Waals surface area contributed by atoms with Crippen molar-refractivity contribution in [2.45, 2.75) is 147 Å². The van der Waals surface area contributed by atoms with E-state index in [1.165, 1.54) is 83.5 Å². The molecule has 0 aromatic carbocycles. The van der Waals surface area contributed by atoms with Gasteiger partial charge in [-0.2, -0.15) is 0 Å². The first-order valence-corrected chi connectivity index (χ1v) is 21.2. The first-order chi connectivity index (χ1) is 14.1. The van der Waals surface area contributed by atoms with E-state index in [0.29, 0.717) is 6.10 Å². The molecular formula is C27H54OSn. The topological polar surface area (TPSA) is 9.23 Å². The van der Waals surface area contributed by atoms with Crippen LogP contribution >= 0.6 is 0 Å². The number of rotatable bonds is 16. The molecule has 29 heavy (non-hydrogen) atoms. The molecule has 2 aliphatic carbocycles. The summed E-state index contributed by atoms with van der Waals surface area (Å²) in [6, 6.07) is 0. The van der Waals surface area contributed by atoms with Gasteiger partial charge in [0.05, 0.1) is 0 Å². The Kier molecular flexibility index (Phi) is 12.0. The standard InChI is InChI=1S/C15H27O.3C4H9.Sn/c1-3-4-8-13-11-14(13)15(16-2)12-9-6-5-7-10-12;3*1-3-4-2;/h12,14-15H,3-11H2,1-2H3;3*1,3-4H2,2H3;/t14?,15-;;;;/m1..../s1. The van der Waals surface area contributed by atoms with Crippen molar-refractivity contribution in [2.24, 2.45) is 11.8 Å². The number of hydrogen-bond donors (Lipinski definition) is 0. The molecule has 0 aromatic rings. The minimum atomic E-state index is -2.26. The van der Waals surface area contributed by atoms with Gasteiger partial charge in [0.1, 0.15) is 0 Å². The van der Waals surface area contributed by atoms with Crippen LogP contribution in [0.25, 0.3) is 0 Å². The Morgan fingerprint density at radius 1 is 0.793 bits per heavy atom. The van der Waals surface area contributed by atoms with Crippen molar-refractivity contribution < 1.29 is 4.74 Å². The van der Waals surface area contributed by atoms with Crippen molar-refractivity contribution in [1.82, 2.24) is 0 Å². The van der Waals surface area contributed by atoms with Crippen molar-refractivity contribution in [3.8, 4) is 0 Å². The SMILES string of the molecule is CCCC[C@]1([Sn]([CH2]CCC)([CH2]CCC)[CH2]CCC)CC1[C@H](OC)C1CCCCC1. The van der Waals surface area contributed by atoms with E-state index in [0.717, 1.165) is 15.3 Å². The molecule has 0 saturated heterocycles. The summed E-state index contributed by atoms with van der Waals surface area (Å²) >= 11 is -2.26. The first kappa shape index (κ1) is 26.0.